The SMILES string of the molecule is O=[N+]([O-])c1ccc([C]2[CH][CH][CH][CH]2)cn1.O=[N+]([O-])c1ccc([C]2[CH][CH][CH][CH]2)cn1.[Fe+2]. The molecule has 2 aliphatic rings. The first-order valence-electron chi connectivity index (χ1n) is 8.19. The van der Waals surface area contributed by atoms with E-state index in [1.54, 1.807) is 12.1 Å². The molecule has 8 nitrogen and oxygen atoms in total. The molecule has 0 bridgehead atoms. The van der Waals surface area contributed by atoms with Crippen molar-refractivity contribution in [3.8, 4) is 0 Å². The molecule has 2 aromatic rings. The first kappa shape index (κ1) is 22.9. The van der Waals surface area contributed by atoms with E-state index >= 15 is 0 Å². The quantitative estimate of drug-likeness (QED) is 0.417. The van der Waals surface area contributed by atoms with Crippen molar-refractivity contribution in [3.05, 3.63) is 131 Å². The second kappa shape index (κ2) is 11.0. The number of hydrogen-bond donors (Lipinski definition) is 0. The summed E-state index contributed by atoms with van der Waals surface area (Å²) < 4.78 is 0. The second-order valence-corrected chi connectivity index (χ2v) is 5.67. The van der Waals surface area contributed by atoms with Crippen molar-refractivity contribution in [2.24, 2.45) is 0 Å². The second-order valence-electron chi connectivity index (χ2n) is 5.67. The molecule has 0 atom stereocenters. The molecule has 2 fully saturated rings. The molecule has 29 heavy (non-hydrogen) atoms. The molecular weight excluding hydrogens is 416 g/mol. The zero-order valence-corrected chi connectivity index (χ0v) is 16.0. The van der Waals surface area contributed by atoms with Crippen LogP contribution in [-0.2, 0) is 17.1 Å². The van der Waals surface area contributed by atoms with Gasteiger partial charge in [0, 0.05) is 35.1 Å². The minimum absolute atomic E-state index is 0. The van der Waals surface area contributed by atoms with Crippen LogP contribution < -0.4 is 0 Å². The van der Waals surface area contributed by atoms with Gasteiger partial charge < -0.3 is 20.2 Å². The van der Waals surface area contributed by atoms with Crippen molar-refractivity contribution in [1.29, 1.82) is 0 Å². The van der Waals surface area contributed by atoms with Crippen molar-refractivity contribution < 1.29 is 26.9 Å². The zero-order valence-electron chi connectivity index (χ0n) is 14.9. The molecule has 10 radical (unpaired) electrons. The molecule has 2 aliphatic carbocycles. The molecule has 0 spiro atoms. The molecule has 0 unspecified atom stereocenters. The van der Waals surface area contributed by atoms with Gasteiger partial charge in [-0.2, -0.15) is 0 Å². The van der Waals surface area contributed by atoms with Crippen LogP contribution in [0.25, 0.3) is 0 Å². The van der Waals surface area contributed by atoms with Crippen molar-refractivity contribution in [1.82, 2.24) is 9.97 Å². The van der Waals surface area contributed by atoms with Crippen LogP contribution in [0.3, 0.4) is 0 Å². The Kier molecular flexibility index (Phi) is 8.67. The molecule has 2 saturated carbocycles. The summed E-state index contributed by atoms with van der Waals surface area (Å²) >= 11 is 0. The van der Waals surface area contributed by atoms with Crippen molar-refractivity contribution in [3.63, 3.8) is 0 Å². The first-order chi connectivity index (χ1) is 13.5. The monoisotopic (exact) mass is 430 g/mol. The molecule has 144 valence electrons. The van der Waals surface area contributed by atoms with Crippen LogP contribution in [0.15, 0.2) is 36.7 Å². The maximum Gasteiger partial charge on any atom is 2.00 e. The van der Waals surface area contributed by atoms with Crippen LogP contribution in [0.5, 0.6) is 0 Å². The van der Waals surface area contributed by atoms with Gasteiger partial charge in [-0.1, -0.05) is 0 Å². The van der Waals surface area contributed by atoms with Crippen LogP contribution in [-0.4, -0.2) is 19.8 Å². The minimum atomic E-state index is -0.505. The molecule has 0 amide bonds. The smallest absolute Gasteiger partial charge is 0.358 e. The van der Waals surface area contributed by atoms with Crippen LogP contribution in [0.1, 0.15) is 11.1 Å². The first-order valence-corrected chi connectivity index (χ1v) is 8.19. The number of hydrogen-bond acceptors (Lipinski definition) is 6. The third kappa shape index (κ3) is 6.30. The van der Waals surface area contributed by atoms with Crippen LogP contribution >= 0.6 is 0 Å². The number of aromatic nitrogens is 2. The predicted molar refractivity (Wildman–Crippen MR) is 101 cm³/mol. The Morgan fingerprint density at radius 3 is 1.21 bits per heavy atom. The van der Waals surface area contributed by atoms with Gasteiger partial charge in [-0.3, -0.25) is 0 Å². The van der Waals surface area contributed by atoms with Gasteiger partial charge in [0.2, 0.25) is 0 Å². The molecule has 0 saturated heterocycles. The Balaban J connectivity index is 0.000000200. The summed E-state index contributed by atoms with van der Waals surface area (Å²) in [5, 5.41) is 20.7. The van der Waals surface area contributed by atoms with Gasteiger partial charge in [-0.05, 0) is 83.3 Å². The van der Waals surface area contributed by atoms with Gasteiger partial charge in [0.25, 0.3) is 0 Å². The molecule has 2 heterocycles. The minimum Gasteiger partial charge on any atom is -0.358 e. The zero-order chi connectivity index (χ0) is 19.9. The third-order valence-corrected chi connectivity index (χ3v) is 3.86. The van der Waals surface area contributed by atoms with E-state index in [-0.39, 0.29) is 28.7 Å². The summed E-state index contributed by atoms with van der Waals surface area (Å²) in [5.74, 6) is 1.79. The average molecular weight is 430 g/mol. The van der Waals surface area contributed by atoms with E-state index in [9.17, 15) is 20.2 Å². The Hall–Kier alpha value is -2.38. The van der Waals surface area contributed by atoms with Gasteiger partial charge in [0.1, 0.15) is 12.4 Å². The number of nitro groups is 2. The van der Waals surface area contributed by atoms with Crippen LogP contribution in [0.4, 0.5) is 11.6 Å². The fraction of sp³-hybridized carbons (Fsp3) is 0. The van der Waals surface area contributed by atoms with E-state index in [4.69, 9.17) is 0 Å². The molecule has 9 heteroatoms. The predicted octanol–water partition coefficient (Wildman–Crippen LogP) is 3.48. The van der Waals surface area contributed by atoms with Gasteiger partial charge >= 0.3 is 28.7 Å². The number of pyridine rings is 2. The Labute approximate surface area is 179 Å². The largest absolute Gasteiger partial charge is 2.00 e. The Bertz CT molecular complexity index is 733. The van der Waals surface area contributed by atoms with Crippen molar-refractivity contribution in [2.45, 2.75) is 0 Å². The van der Waals surface area contributed by atoms with Crippen LogP contribution in [0, 0.1) is 83.4 Å². The molecule has 2 aromatic heterocycles. The van der Waals surface area contributed by atoms with E-state index in [0.717, 1.165) is 23.0 Å². The van der Waals surface area contributed by atoms with E-state index in [2.05, 4.69) is 9.97 Å². The number of rotatable bonds is 4. The summed E-state index contributed by atoms with van der Waals surface area (Å²) in [4.78, 5) is 27.1. The van der Waals surface area contributed by atoms with E-state index in [1.165, 1.54) is 24.5 Å². The maximum absolute atomic E-state index is 10.3. The Morgan fingerprint density at radius 1 is 0.621 bits per heavy atom. The fourth-order valence-electron chi connectivity index (χ4n) is 2.46. The topological polar surface area (TPSA) is 112 Å². The third-order valence-electron chi connectivity index (χ3n) is 3.86. The van der Waals surface area contributed by atoms with Gasteiger partial charge in [0.05, 0.1) is 0 Å². The number of nitrogens with zero attached hydrogens (tertiary/aromatic N) is 4. The van der Waals surface area contributed by atoms with Gasteiger partial charge in [-0.25, -0.2) is 0 Å². The van der Waals surface area contributed by atoms with Crippen molar-refractivity contribution in [2.75, 3.05) is 0 Å². The normalized spacial score (nSPS) is 16.6. The standard InChI is InChI=1S/2C10H7N2O2.Fe/c2*13-12(14)10-6-5-9(7-11-10)8-3-1-2-4-8;/h2*1-7H;/q;;+2. The molecule has 0 N–H and O–H groups in total. The summed E-state index contributed by atoms with van der Waals surface area (Å²) in [6.07, 6.45) is 18.4. The van der Waals surface area contributed by atoms with Gasteiger partial charge in [-0.15, -0.1) is 0 Å². The van der Waals surface area contributed by atoms with E-state index in [1.807, 2.05) is 51.4 Å². The molecule has 0 aromatic carbocycles. The summed E-state index contributed by atoms with van der Waals surface area (Å²) in [6, 6.07) is 6.20. The van der Waals surface area contributed by atoms with Crippen molar-refractivity contribution >= 4 is 11.6 Å². The maximum atomic E-state index is 10.3. The molecular formula is C20H14FeN4O4+2. The van der Waals surface area contributed by atoms with Gasteiger partial charge in [0.15, 0.2) is 0 Å². The average Bonchev–Trinajstić information content (AvgIpc) is 3.43. The van der Waals surface area contributed by atoms with E-state index in [0.29, 0.717) is 0 Å². The summed E-state index contributed by atoms with van der Waals surface area (Å²) in [5.41, 5.74) is 1.78. The summed E-state index contributed by atoms with van der Waals surface area (Å²) in [7, 11) is 0. The summed E-state index contributed by atoms with van der Waals surface area (Å²) in [6.45, 7) is 0. The fourth-order valence-corrected chi connectivity index (χ4v) is 2.46. The molecule has 4 rings (SSSR count). The van der Waals surface area contributed by atoms with E-state index < -0.39 is 9.85 Å². The molecule has 0 aliphatic heterocycles. The van der Waals surface area contributed by atoms with Crippen LogP contribution in [0.2, 0.25) is 0 Å². The Morgan fingerprint density at radius 2 is 0.966 bits per heavy atom.